The lowest BCUT2D eigenvalue weighted by Gasteiger charge is -2.38. The number of benzene rings is 2. The maximum atomic E-state index is 14.0. The van der Waals surface area contributed by atoms with E-state index in [1.54, 1.807) is 11.0 Å². The van der Waals surface area contributed by atoms with Gasteiger partial charge in [0.05, 0.1) is 24.5 Å². The molecule has 0 saturated carbocycles. The number of carbonyl (C=O) groups excluding carboxylic acids is 2. The summed E-state index contributed by atoms with van der Waals surface area (Å²) in [7, 11) is 0. The summed E-state index contributed by atoms with van der Waals surface area (Å²) in [6.45, 7) is 1.66. The molecule has 2 aliphatic heterocycles. The Bertz CT molecular complexity index is 949. The van der Waals surface area contributed by atoms with E-state index in [2.05, 4.69) is 5.32 Å². The van der Waals surface area contributed by atoms with Crippen molar-refractivity contribution in [3.63, 3.8) is 0 Å². The highest BCUT2D eigenvalue weighted by molar-refractivity contribution is 6.30. The number of anilines is 2. The fourth-order valence-corrected chi connectivity index (χ4v) is 4.03. The van der Waals surface area contributed by atoms with E-state index in [-0.39, 0.29) is 24.7 Å². The first kappa shape index (κ1) is 20.5. The highest BCUT2D eigenvalue weighted by Gasteiger charge is 2.34. The minimum atomic E-state index is -0.686. The molecule has 2 heterocycles. The highest BCUT2D eigenvalue weighted by atomic mass is 35.5. The summed E-state index contributed by atoms with van der Waals surface area (Å²) in [6.07, 6.45) is 2.43. The molecule has 30 heavy (non-hydrogen) atoms. The average molecular weight is 432 g/mol. The van der Waals surface area contributed by atoms with Gasteiger partial charge in [-0.3, -0.25) is 9.59 Å². The maximum Gasteiger partial charge on any atom is 0.265 e. The Morgan fingerprint density at radius 3 is 2.70 bits per heavy atom. The minimum Gasteiger partial charge on any atom is -0.477 e. The fraction of sp³-hybridized carbons (Fsp3) is 0.364. The lowest BCUT2D eigenvalue weighted by atomic mass is 10.1. The largest absolute Gasteiger partial charge is 0.477 e. The van der Waals surface area contributed by atoms with E-state index in [4.69, 9.17) is 16.3 Å². The van der Waals surface area contributed by atoms with Gasteiger partial charge in [0.25, 0.3) is 5.91 Å². The molecule has 1 N–H and O–H groups in total. The zero-order valence-corrected chi connectivity index (χ0v) is 17.2. The predicted octanol–water partition coefficient (Wildman–Crippen LogP) is 3.70. The summed E-state index contributed by atoms with van der Waals surface area (Å²) < 4.78 is 19.9. The summed E-state index contributed by atoms with van der Waals surface area (Å²) in [5.41, 5.74) is 0.747. The normalized spacial score (nSPS) is 18.4. The molecular formula is C22H23ClFN3O3. The first-order valence-corrected chi connectivity index (χ1v) is 10.4. The van der Waals surface area contributed by atoms with E-state index in [0.29, 0.717) is 10.8 Å². The smallest absolute Gasteiger partial charge is 0.265 e. The van der Waals surface area contributed by atoms with Crippen molar-refractivity contribution in [2.45, 2.75) is 25.4 Å². The van der Waals surface area contributed by atoms with Gasteiger partial charge in [-0.2, -0.15) is 0 Å². The van der Waals surface area contributed by atoms with Crippen molar-refractivity contribution in [3.05, 3.63) is 53.3 Å². The van der Waals surface area contributed by atoms with Gasteiger partial charge in [0.2, 0.25) is 5.91 Å². The number of piperidine rings is 1. The summed E-state index contributed by atoms with van der Waals surface area (Å²) in [6, 6.07) is 11.3. The van der Waals surface area contributed by atoms with Crippen LogP contribution >= 0.6 is 11.6 Å². The van der Waals surface area contributed by atoms with E-state index in [1.807, 2.05) is 23.1 Å². The number of nitrogens with one attached hydrogen (secondary N) is 1. The molecule has 1 unspecified atom stereocenters. The zero-order chi connectivity index (χ0) is 21.1. The van der Waals surface area contributed by atoms with Crippen LogP contribution in [0.15, 0.2) is 42.5 Å². The van der Waals surface area contributed by atoms with Gasteiger partial charge < -0.3 is 19.9 Å². The molecule has 4 rings (SSSR count). The maximum absolute atomic E-state index is 14.0. The second-order valence-electron chi connectivity index (χ2n) is 7.51. The van der Waals surface area contributed by atoms with Gasteiger partial charge in [0.15, 0.2) is 6.10 Å². The number of hydrogen-bond acceptors (Lipinski definition) is 4. The van der Waals surface area contributed by atoms with Crippen molar-refractivity contribution in [2.75, 3.05) is 36.4 Å². The number of fused-ring (bicyclic) bond motifs is 1. The quantitative estimate of drug-likeness (QED) is 0.801. The molecule has 158 valence electrons. The molecule has 8 heteroatoms. The van der Waals surface area contributed by atoms with E-state index < -0.39 is 17.8 Å². The standard InChI is InChI=1S/C22H23ClFN3O3/c23-15-8-9-16(24)17(12-15)25-21(28)14-27-13-20(22(29)26-10-4-1-5-11-26)30-19-7-3-2-6-18(19)27/h2-3,6-9,12,20H,1,4-5,10-11,13-14H2,(H,25,28). The Kier molecular flexibility index (Phi) is 6.08. The van der Waals surface area contributed by atoms with Gasteiger partial charge in [-0.1, -0.05) is 23.7 Å². The number of nitrogens with zero attached hydrogens (tertiary/aromatic N) is 2. The van der Waals surface area contributed by atoms with Crippen LogP contribution in [0.4, 0.5) is 15.8 Å². The van der Waals surface area contributed by atoms with Gasteiger partial charge in [0, 0.05) is 18.1 Å². The van der Waals surface area contributed by atoms with Crippen molar-refractivity contribution in [3.8, 4) is 5.75 Å². The number of halogens is 2. The average Bonchev–Trinajstić information content (AvgIpc) is 2.76. The van der Waals surface area contributed by atoms with Crippen LogP contribution in [0.3, 0.4) is 0 Å². The van der Waals surface area contributed by atoms with E-state index in [9.17, 15) is 14.0 Å². The van der Waals surface area contributed by atoms with E-state index in [0.717, 1.165) is 38.0 Å². The summed E-state index contributed by atoms with van der Waals surface area (Å²) in [5.74, 6) is -0.471. The van der Waals surface area contributed by atoms with Gasteiger partial charge in [0.1, 0.15) is 11.6 Å². The third-order valence-electron chi connectivity index (χ3n) is 5.34. The zero-order valence-electron chi connectivity index (χ0n) is 16.4. The summed E-state index contributed by atoms with van der Waals surface area (Å²) >= 11 is 5.90. The monoisotopic (exact) mass is 431 g/mol. The summed E-state index contributed by atoms with van der Waals surface area (Å²) in [4.78, 5) is 29.2. The third kappa shape index (κ3) is 4.51. The van der Waals surface area contributed by atoms with Gasteiger partial charge in [-0.25, -0.2) is 4.39 Å². The van der Waals surface area contributed by atoms with Crippen molar-refractivity contribution in [1.82, 2.24) is 4.90 Å². The molecule has 1 saturated heterocycles. The molecule has 2 aromatic carbocycles. The van der Waals surface area contributed by atoms with Gasteiger partial charge >= 0.3 is 0 Å². The van der Waals surface area contributed by atoms with Crippen molar-refractivity contribution in [1.29, 1.82) is 0 Å². The number of likely N-dealkylation sites (tertiary alicyclic amines) is 1. The second kappa shape index (κ2) is 8.92. The first-order chi connectivity index (χ1) is 14.5. The third-order valence-corrected chi connectivity index (χ3v) is 5.58. The summed E-state index contributed by atoms with van der Waals surface area (Å²) in [5, 5.41) is 2.89. The molecule has 2 amide bonds. The lowest BCUT2D eigenvalue weighted by molar-refractivity contribution is -0.139. The number of carbonyl (C=O) groups is 2. The van der Waals surface area contributed by atoms with Crippen molar-refractivity contribution < 1.29 is 18.7 Å². The van der Waals surface area contributed by atoms with Crippen molar-refractivity contribution in [2.24, 2.45) is 0 Å². The Morgan fingerprint density at radius 2 is 1.90 bits per heavy atom. The Morgan fingerprint density at radius 1 is 1.13 bits per heavy atom. The number of hydrogen-bond donors (Lipinski definition) is 1. The molecule has 0 spiro atoms. The SMILES string of the molecule is O=C(CN1CC(C(=O)N2CCCCC2)Oc2ccccc21)Nc1cc(Cl)ccc1F. The van der Waals surface area contributed by atoms with Crippen LogP contribution in [-0.4, -0.2) is 49.0 Å². The molecule has 1 fully saturated rings. The van der Waals surface area contributed by atoms with E-state index in [1.165, 1.54) is 18.2 Å². The van der Waals surface area contributed by atoms with Crippen LogP contribution in [0, 0.1) is 5.82 Å². The molecule has 1 atom stereocenters. The Balaban J connectivity index is 1.50. The molecule has 6 nitrogen and oxygen atoms in total. The van der Waals surface area contributed by atoms with Crippen LogP contribution in [0.5, 0.6) is 5.75 Å². The lowest BCUT2D eigenvalue weighted by Crippen LogP contribution is -2.52. The fourth-order valence-electron chi connectivity index (χ4n) is 3.86. The number of para-hydroxylation sites is 2. The van der Waals surface area contributed by atoms with Crippen LogP contribution in [-0.2, 0) is 9.59 Å². The molecule has 0 aromatic heterocycles. The Labute approximate surface area is 179 Å². The topological polar surface area (TPSA) is 61.9 Å². The van der Waals surface area contributed by atoms with Crippen LogP contribution < -0.4 is 15.0 Å². The van der Waals surface area contributed by atoms with Gasteiger partial charge in [-0.15, -0.1) is 0 Å². The molecular weight excluding hydrogens is 409 g/mol. The molecule has 2 aromatic rings. The Hall–Kier alpha value is -2.80. The first-order valence-electron chi connectivity index (χ1n) is 10.1. The highest BCUT2D eigenvalue weighted by Crippen LogP contribution is 2.33. The predicted molar refractivity (Wildman–Crippen MR) is 114 cm³/mol. The molecule has 2 aliphatic rings. The van der Waals surface area contributed by atoms with Crippen LogP contribution in [0.25, 0.3) is 0 Å². The minimum absolute atomic E-state index is 0.0231. The number of amides is 2. The van der Waals surface area contributed by atoms with Crippen LogP contribution in [0.1, 0.15) is 19.3 Å². The van der Waals surface area contributed by atoms with Crippen LogP contribution in [0.2, 0.25) is 5.02 Å². The molecule has 0 bridgehead atoms. The van der Waals surface area contributed by atoms with Gasteiger partial charge in [-0.05, 0) is 49.6 Å². The van der Waals surface area contributed by atoms with Crippen molar-refractivity contribution >= 4 is 34.8 Å². The second-order valence-corrected chi connectivity index (χ2v) is 7.95. The van der Waals surface area contributed by atoms with E-state index >= 15 is 0 Å². The molecule has 0 aliphatic carbocycles. The number of ether oxygens (including phenoxy) is 1. The molecule has 0 radical (unpaired) electrons. The number of rotatable bonds is 4.